The van der Waals surface area contributed by atoms with Crippen LogP contribution in [0.2, 0.25) is 0 Å². The van der Waals surface area contributed by atoms with Gasteiger partial charge in [-0.1, -0.05) is 11.3 Å². The van der Waals surface area contributed by atoms with Crippen molar-refractivity contribution in [2.75, 3.05) is 18.1 Å². The molecule has 0 aliphatic carbocycles. The van der Waals surface area contributed by atoms with Gasteiger partial charge in [-0.3, -0.25) is 4.79 Å². The first kappa shape index (κ1) is 15.4. The number of carbonyl (C=O) groups is 1. The highest BCUT2D eigenvalue weighted by Gasteiger charge is 2.15. The van der Waals surface area contributed by atoms with Gasteiger partial charge in [0.15, 0.2) is 5.13 Å². The van der Waals surface area contributed by atoms with Crippen LogP contribution in [0.3, 0.4) is 0 Å². The van der Waals surface area contributed by atoms with Gasteiger partial charge in [-0.25, -0.2) is 18.1 Å². The molecule has 1 aromatic carbocycles. The third-order valence-corrected chi connectivity index (χ3v) is 5.13. The Hall–Kier alpha value is -1.97. The number of aromatic nitrogens is 1. The van der Waals surface area contributed by atoms with Crippen molar-refractivity contribution in [1.29, 1.82) is 0 Å². The molecule has 0 radical (unpaired) electrons. The molecule has 9 heteroatoms. The second-order valence-electron chi connectivity index (χ2n) is 4.15. The van der Waals surface area contributed by atoms with Gasteiger partial charge in [0.2, 0.25) is 10.0 Å². The number of benzene rings is 1. The number of rotatable bonds is 4. The zero-order valence-electron chi connectivity index (χ0n) is 11.4. The average molecular weight is 326 g/mol. The SMILES string of the molecule is CNS(=O)(=O)c1ccc(NC(=O)c2sc(N)nc2C)cc1. The molecule has 1 heterocycles. The molecule has 4 N–H and O–H groups in total. The number of thiazole rings is 1. The van der Waals surface area contributed by atoms with Crippen LogP contribution in [0.15, 0.2) is 29.2 Å². The van der Waals surface area contributed by atoms with Crippen LogP contribution in [-0.4, -0.2) is 26.4 Å². The first-order chi connectivity index (χ1) is 9.83. The van der Waals surface area contributed by atoms with Crippen molar-refractivity contribution >= 4 is 38.1 Å². The summed E-state index contributed by atoms with van der Waals surface area (Å²) < 4.78 is 25.4. The molecule has 0 saturated carbocycles. The number of aryl methyl sites for hydroxylation is 1. The highest BCUT2D eigenvalue weighted by Crippen LogP contribution is 2.21. The Bertz CT molecular complexity index is 766. The second kappa shape index (κ2) is 5.80. The molecule has 0 saturated heterocycles. The Balaban J connectivity index is 2.18. The Labute approximate surface area is 126 Å². The highest BCUT2D eigenvalue weighted by molar-refractivity contribution is 7.89. The minimum Gasteiger partial charge on any atom is -0.375 e. The summed E-state index contributed by atoms with van der Waals surface area (Å²) in [6, 6.07) is 5.86. The maximum atomic E-state index is 12.1. The van der Waals surface area contributed by atoms with Crippen molar-refractivity contribution in [3.63, 3.8) is 0 Å². The van der Waals surface area contributed by atoms with E-state index in [4.69, 9.17) is 5.73 Å². The molecule has 0 bridgehead atoms. The summed E-state index contributed by atoms with van der Waals surface area (Å²) in [5, 5.41) is 3.00. The third-order valence-electron chi connectivity index (χ3n) is 2.71. The van der Waals surface area contributed by atoms with Gasteiger partial charge in [0.25, 0.3) is 5.91 Å². The number of hydrogen-bond donors (Lipinski definition) is 3. The molecule has 2 aromatic rings. The number of sulfonamides is 1. The fraction of sp³-hybridized carbons (Fsp3) is 0.167. The lowest BCUT2D eigenvalue weighted by Crippen LogP contribution is -2.18. The molecule has 0 unspecified atom stereocenters. The Morgan fingerprint density at radius 2 is 1.90 bits per heavy atom. The molecular weight excluding hydrogens is 312 g/mol. The fourth-order valence-electron chi connectivity index (χ4n) is 1.65. The molecule has 1 amide bonds. The summed E-state index contributed by atoms with van der Waals surface area (Å²) in [5.41, 5.74) is 6.59. The normalized spacial score (nSPS) is 11.3. The van der Waals surface area contributed by atoms with Crippen LogP contribution < -0.4 is 15.8 Å². The lowest BCUT2D eigenvalue weighted by atomic mass is 10.3. The van der Waals surface area contributed by atoms with Gasteiger partial charge in [-0.05, 0) is 38.2 Å². The molecule has 0 spiro atoms. The summed E-state index contributed by atoms with van der Waals surface area (Å²) in [5.74, 6) is -0.328. The van der Waals surface area contributed by atoms with Gasteiger partial charge in [0.05, 0.1) is 10.6 Å². The van der Waals surface area contributed by atoms with Crippen LogP contribution in [0.4, 0.5) is 10.8 Å². The molecule has 0 atom stereocenters. The van der Waals surface area contributed by atoms with Crippen LogP contribution in [0.1, 0.15) is 15.4 Å². The van der Waals surface area contributed by atoms with E-state index in [1.54, 1.807) is 6.92 Å². The van der Waals surface area contributed by atoms with Gasteiger partial charge in [-0.15, -0.1) is 0 Å². The van der Waals surface area contributed by atoms with Crippen LogP contribution in [0, 0.1) is 6.92 Å². The summed E-state index contributed by atoms with van der Waals surface area (Å²) in [4.78, 5) is 16.6. The van der Waals surface area contributed by atoms with Crippen molar-refractivity contribution in [1.82, 2.24) is 9.71 Å². The van der Waals surface area contributed by atoms with Crippen molar-refractivity contribution in [2.24, 2.45) is 0 Å². The van der Waals surface area contributed by atoms with Gasteiger partial charge in [-0.2, -0.15) is 0 Å². The van der Waals surface area contributed by atoms with E-state index in [2.05, 4.69) is 15.0 Å². The largest absolute Gasteiger partial charge is 0.375 e. The van der Waals surface area contributed by atoms with E-state index in [1.807, 2.05) is 0 Å². The van der Waals surface area contributed by atoms with E-state index >= 15 is 0 Å². The van der Waals surface area contributed by atoms with Crippen molar-refractivity contribution in [3.8, 4) is 0 Å². The van der Waals surface area contributed by atoms with Crippen LogP contribution in [0.5, 0.6) is 0 Å². The van der Waals surface area contributed by atoms with E-state index in [1.165, 1.54) is 31.3 Å². The van der Waals surface area contributed by atoms with E-state index in [0.717, 1.165) is 11.3 Å². The molecule has 1 aromatic heterocycles. The highest BCUT2D eigenvalue weighted by atomic mass is 32.2. The number of nitrogens with two attached hydrogens (primary N) is 1. The first-order valence-corrected chi connectivity index (χ1v) is 8.21. The molecule has 0 fully saturated rings. The molecule has 2 rings (SSSR count). The maximum absolute atomic E-state index is 12.1. The van der Waals surface area contributed by atoms with E-state index in [0.29, 0.717) is 21.4 Å². The van der Waals surface area contributed by atoms with Gasteiger partial charge in [0, 0.05) is 5.69 Å². The molecule has 112 valence electrons. The number of nitrogens with one attached hydrogen (secondary N) is 2. The van der Waals surface area contributed by atoms with E-state index in [-0.39, 0.29) is 10.8 Å². The summed E-state index contributed by atoms with van der Waals surface area (Å²) in [7, 11) is -2.15. The number of nitrogen functional groups attached to an aromatic ring is 1. The molecule has 7 nitrogen and oxygen atoms in total. The topological polar surface area (TPSA) is 114 Å². The lowest BCUT2D eigenvalue weighted by Gasteiger charge is -2.06. The van der Waals surface area contributed by atoms with Gasteiger partial charge < -0.3 is 11.1 Å². The van der Waals surface area contributed by atoms with Crippen molar-refractivity contribution in [2.45, 2.75) is 11.8 Å². The zero-order chi connectivity index (χ0) is 15.6. The Morgan fingerprint density at radius 1 is 1.29 bits per heavy atom. The molecule has 21 heavy (non-hydrogen) atoms. The fourth-order valence-corrected chi connectivity index (χ4v) is 3.11. The van der Waals surface area contributed by atoms with E-state index < -0.39 is 10.0 Å². The van der Waals surface area contributed by atoms with Crippen molar-refractivity contribution in [3.05, 3.63) is 34.8 Å². The van der Waals surface area contributed by atoms with Crippen LogP contribution in [-0.2, 0) is 10.0 Å². The number of hydrogen-bond acceptors (Lipinski definition) is 6. The van der Waals surface area contributed by atoms with Gasteiger partial charge >= 0.3 is 0 Å². The minimum atomic E-state index is -3.49. The summed E-state index contributed by atoms with van der Waals surface area (Å²) in [6.45, 7) is 1.70. The summed E-state index contributed by atoms with van der Waals surface area (Å²) in [6.07, 6.45) is 0. The van der Waals surface area contributed by atoms with Crippen molar-refractivity contribution < 1.29 is 13.2 Å². The predicted octanol–water partition coefficient (Wildman–Crippen LogP) is 1.19. The number of amides is 1. The number of carbonyl (C=O) groups excluding carboxylic acids is 1. The van der Waals surface area contributed by atoms with E-state index in [9.17, 15) is 13.2 Å². The smallest absolute Gasteiger partial charge is 0.267 e. The minimum absolute atomic E-state index is 0.126. The monoisotopic (exact) mass is 326 g/mol. The van der Waals surface area contributed by atoms with Crippen LogP contribution >= 0.6 is 11.3 Å². The molecule has 0 aliphatic heterocycles. The maximum Gasteiger partial charge on any atom is 0.267 e. The average Bonchev–Trinajstić information content (AvgIpc) is 2.78. The lowest BCUT2D eigenvalue weighted by molar-refractivity contribution is 0.103. The molecule has 0 aliphatic rings. The number of nitrogens with zero attached hydrogens (tertiary/aromatic N) is 1. The second-order valence-corrected chi connectivity index (χ2v) is 7.07. The third kappa shape index (κ3) is 3.38. The number of anilines is 2. The summed E-state index contributed by atoms with van der Waals surface area (Å²) >= 11 is 1.10. The molecular formula is C12H14N4O3S2. The van der Waals surface area contributed by atoms with Crippen LogP contribution in [0.25, 0.3) is 0 Å². The predicted molar refractivity (Wildman–Crippen MR) is 81.9 cm³/mol. The zero-order valence-corrected chi connectivity index (χ0v) is 13.0. The standard InChI is InChI=1S/C12H14N4O3S2/c1-7-10(20-12(13)15-7)11(17)16-8-3-5-9(6-4-8)21(18,19)14-2/h3-6,14H,1-2H3,(H2,13,15)(H,16,17). The Kier molecular flexibility index (Phi) is 4.26. The quantitative estimate of drug-likeness (QED) is 0.781. The van der Waals surface area contributed by atoms with Gasteiger partial charge in [0.1, 0.15) is 4.88 Å². The first-order valence-electron chi connectivity index (χ1n) is 5.91. The Morgan fingerprint density at radius 3 is 2.38 bits per heavy atom.